The molecular formula is C18H29F3N4O. The molecule has 0 radical (unpaired) electrons. The molecule has 1 aliphatic rings. The first-order valence-electron chi connectivity index (χ1n) is 9.13. The molecule has 1 saturated heterocycles. The second-order valence-electron chi connectivity index (χ2n) is 7.05. The first kappa shape index (κ1) is 20.6. The van der Waals surface area contributed by atoms with E-state index in [9.17, 15) is 13.2 Å². The Kier molecular flexibility index (Phi) is 7.37. The fourth-order valence-electron chi connectivity index (χ4n) is 2.82. The highest BCUT2D eigenvalue weighted by Crippen LogP contribution is 2.25. The predicted octanol–water partition coefficient (Wildman–Crippen LogP) is 2.99. The monoisotopic (exact) mass is 374 g/mol. The zero-order valence-electron chi connectivity index (χ0n) is 15.7. The minimum atomic E-state index is -4.18. The van der Waals surface area contributed by atoms with Gasteiger partial charge in [0.05, 0.1) is 6.26 Å². The van der Waals surface area contributed by atoms with Crippen LogP contribution in [0.25, 0.3) is 0 Å². The molecule has 0 aliphatic carbocycles. The molecule has 2 rings (SSSR count). The van der Waals surface area contributed by atoms with Gasteiger partial charge in [0.25, 0.3) is 0 Å². The number of hydrogen-bond acceptors (Lipinski definition) is 3. The maximum Gasteiger partial charge on any atom is 0.403 e. The van der Waals surface area contributed by atoms with E-state index in [0.717, 1.165) is 18.1 Å². The molecule has 8 heteroatoms. The molecule has 1 aromatic heterocycles. The van der Waals surface area contributed by atoms with Gasteiger partial charge in [-0.1, -0.05) is 13.8 Å². The van der Waals surface area contributed by atoms with Gasteiger partial charge in [0, 0.05) is 45.7 Å². The number of nitrogens with zero attached hydrogens (tertiary/aromatic N) is 3. The number of guanidine groups is 1. The third-order valence-electron chi connectivity index (χ3n) is 4.48. The van der Waals surface area contributed by atoms with Crippen molar-refractivity contribution in [3.63, 3.8) is 0 Å². The zero-order chi connectivity index (χ0) is 19.2. The van der Waals surface area contributed by atoms with Crippen molar-refractivity contribution < 1.29 is 17.6 Å². The molecule has 1 fully saturated rings. The van der Waals surface area contributed by atoms with E-state index in [0.29, 0.717) is 45.2 Å². The van der Waals surface area contributed by atoms with Gasteiger partial charge in [-0.15, -0.1) is 0 Å². The maximum atomic E-state index is 12.9. The highest BCUT2D eigenvalue weighted by molar-refractivity contribution is 5.80. The van der Waals surface area contributed by atoms with Crippen molar-refractivity contribution in [3.05, 3.63) is 24.2 Å². The molecule has 0 saturated carbocycles. The van der Waals surface area contributed by atoms with Gasteiger partial charge in [-0.25, -0.2) is 0 Å². The molecule has 1 aromatic rings. The van der Waals surface area contributed by atoms with Crippen LogP contribution in [0.2, 0.25) is 0 Å². The SMILES string of the molecule is CC(C)CN=C(NCCc1ccco1)N1CCN(C(C)C(F)(F)F)CC1. The summed E-state index contributed by atoms with van der Waals surface area (Å²) < 4.78 is 44.0. The van der Waals surface area contributed by atoms with E-state index >= 15 is 0 Å². The van der Waals surface area contributed by atoms with Gasteiger partial charge in [0.1, 0.15) is 11.8 Å². The highest BCUT2D eigenvalue weighted by atomic mass is 19.4. The van der Waals surface area contributed by atoms with Crippen LogP contribution in [0, 0.1) is 5.92 Å². The summed E-state index contributed by atoms with van der Waals surface area (Å²) >= 11 is 0. The smallest absolute Gasteiger partial charge is 0.403 e. The highest BCUT2D eigenvalue weighted by Gasteiger charge is 2.41. The molecule has 2 heterocycles. The molecule has 1 unspecified atom stereocenters. The van der Waals surface area contributed by atoms with E-state index in [4.69, 9.17) is 4.42 Å². The molecule has 26 heavy (non-hydrogen) atoms. The van der Waals surface area contributed by atoms with Crippen LogP contribution < -0.4 is 5.32 Å². The lowest BCUT2D eigenvalue weighted by atomic mass is 10.2. The van der Waals surface area contributed by atoms with E-state index in [1.165, 1.54) is 11.8 Å². The van der Waals surface area contributed by atoms with Crippen LogP contribution in [0.15, 0.2) is 27.8 Å². The Hall–Kier alpha value is -1.70. The number of nitrogens with one attached hydrogen (secondary N) is 1. The van der Waals surface area contributed by atoms with Crippen molar-refractivity contribution in [1.29, 1.82) is 0 Å². The minimum Gasteiger partial charge on any atom is -0.469 e. The Balaban J connectivity index is 1.90. The predicted molar refractivity (Wildman–Crippen MR) is 96.2 cm³/mol. The molecule has 1 atom stereocenters. The lowest BCUT2D eigenvalue weighted by Crippen LogP contribution is -2.57. The zero-order valence-corrected chi connectivity index (χ0v) is 15.7. The van der Waals surface area contributed by atoms with E-state index in [1.54, 1.807) is 6.26 Å². The molecule has 0 bridgehead atoms. The third-order valence-corrected chi connectivity index (χ3v) is 4.48. The molecule has 5 nitrogen and oxygen atoms in total. The number of piperazine rings is 1. The van der Waals surface area contributed by atoms with Gasteiger partial charge in [0.15, 0.2) is 5.96 Å². The van der Waals surface area contributed by atoms with Crippen molar-refractivity contribution in [2.45, 2.75) is 39.4 Å². The molecule has 0 amide bonds. The van der Waals surface area contributed by atoms with Gasteiger partial charge in [-0.2, -0.15) is 13.2 Å². The van der Waals surface area contributed by atoms with E-state index < -0.39 is 12.2 Å². The number of hydrogen-bond donors (Lipinski definition) is 1. The molecular weight excluding hydrogens is 345 g/mol. The number of halogens is 3. The normalized spacial score (nSPS) is 18.4. The number of alkyl halides is 3. The Morgan fingerprint density at radius 1 is 1.23 bits per heavy atom. The van der Waals surface area contributed by atoms with Crippen LogP contribution in [-0.2, 0) is 6.42 Å². The van der Waals surface area contributed by atoms with Crippen molar-refractivity contribution in [2.24, 2.45) is 10.9 Å². The number of aliphatic imine (C=N–C) groups is 1. The van der Waals surface area contributed by atoms with E-state index in [1.807, 2.05) is 17.0 Å². The lowest BCUT2D eigenvalue weighted by molar-refractivity contribution is -0.181. The average molecular weight is 374 g/mol. The van der Waals surface area contributed by atoms with Gasteiger partial charge < -0.3 is 14.6 Å². The average Bonchev–Trinajstić information content (AvgIpc) is 3.10. The van der Waals surface area contributed by atoms with Crippen LogP contribution in [0.1, 0.15) is 26.5 Å². The molecule has 0 spiro atoms. The Morgan fingerprint density at radius 2 is 1.92 bits per heavy atom. The summed E-state index contributed by atoms with van der Waals surface area (Å²) in [5.41, 5.74) is 0. The van der Waals surface area contributed by atoms with Gasteiger partial charge >= 0.3 is 6.18 Å². The first-order chi connectivity index (χ1) is 12.3. The van der Waals surface area contributed by atoms with Gasteiger partial charge in [-0.3, -0.25) is 9.89 Å². The van der Waals surface area contributed by atoms with E-state index in [-0.39, 0.29) is 0 Å². The van der Waals surface area contributed by atoms with Gasteiger partial charge in [0.2, 0.25) is 0 Å². The molecule has 0 aromatic carbocycles. The van der Waals surface area contributed by atoms with Crippen molar-refractivity contribution >= 4 is 5.96 Å². The fourth-order valence-corrected chi connectivity index (χ4v) is 2.82. The Labute approximate surface area is 153 Å². The molecule has 1 aliphatic heterocycles. The third kappa shape index (κ3) is 6.23. The Morgan fingerprint density at radius 3 is 2.46 bits per heavy atom. The maximum absolute atomic E-state index is 12.9. The van der Waals surface area contributed by atoms with Crippen molar-refractivity contribution in [2.75, 3.05) is 39.3 Å². The summed E-state index contributed by atoms with van der Waals surface area (Å²) in [5, 5.41) is 3.33. The van der Waals surface area contributed by atoms with E-state index in [2.05, 4.69) is 24.2 Å². The first-order valence-corrected chi connectivity index (χ1v) is 9.13. The van der Waals surface area contributed by atoms with Crippen molar-refractivity contribution in [1.82, 2.24) is 15.1 Å². The summed E-state index contributed by atoms with van der Waals surface area (Å²) in [4.78, 5) is 8.18. The van der Waals surface area contributed by atoms with Crippen LogP contribution in [0.4, 0.5) is 13.2 Å². The molecule has 148 valence electrons. The quantitative estimate of drug-likeness (QED) is 0.614. The van der Waals surface area contributed by atoms with Gasteiger partial charge in [-0.05, 0) is 25.0 Å². The van der Waals surface area contributed by atoms with Crippen LogP contribution in [-0.4, -0.2) is 67.2 Å². The van der Waals surface area contributed by atoms with Crippen LogP contribution >= 0.6 is 0 Å². The Bertz CT molecular complexity index is 549. The number of furan rings is 1. The van der Waals surface area contributed by atoms with Crippen LogP contribution in [0.3, 0.4) is 0 Å². The van der Waals surface area contributed by atoms with Crippen molar-refractivity contribution in [3.8, 4) is 0 Å². The lowest BCUT2D eigenvalue weighted by Gasteiger charge is -2.39. The second-order valence-corrected chi connectivity index (χ2v) is 7.05. The fraction of sp³-hybridized carbons (Fsp3) is 0.722. The standard InChI is InChI=1S/C18H29F3N4O/c1-14(2)13-23-17(22-7-6-16-5-4-12-26-16)25-10-8-24(9-11-25)15(3)18(19,20)21/h4-5,12,14-15H,6-11,13H2,1-3H3,(H,22,23). The molecule has 1 N–H and O–H groups in total. The number of rotatable bonds is 6. The topological polar surface area (TPSA) is 44.0 Å². The largest absolute Gasteiger partial charge is 0.469 e. The minimum absolute atomic E-state index is 0.376. The summed E-state index contributed by atoms with van der Waals surface area (Å²) in [7, 11) is 0. The van der Waals surface area contributed by atoms with Crippen LogP contribution in [0.5, 0.6) is 0 Å². The summed E-state index contributed by atoms with van der Waals surface area (Å²) in [6.45, 7) is 8.58. The summed E-state index contributed by atoms with van der Waals surface area (Å²) in [6, 6.07) is 2.36. The summed E-state index contributed by atoms with van der Waals surface area (Å²) in [6.07, 6.45) is -1.80. The second kappa shape index (κ2) is 9.30. The summed E-state index contributed by atoms with van der Waals surface area (Å²) in [5.74, 6) is 2.08.